The van der Waals surface area contributed by atoms with Gasteiger partial charge in [-0.25, -0.2) is 9.59 Å². The van der Waals surface area contributed by atoms with Crippen LogP contribution in [0.1, 0.15) is 33.1 Å². The van der Waals surface area contributed by atoms with E-state index < -0.39 is 36.7 Å². The maximum atomic E-state index is 12.5. The molecule has 2 heterocycles. The van der Waals surface area contributed by atoms with E-state index in [4.69, 9.17) is 19.3 Å². The minimum absolute atomic E-state index is 0.0314. The summed E-state index contributed by atoms with van der Waals surface area (Å²) in [5, 5.41) is 18.4. The smallest absolute Gasteiger partial charge is 0.336 e. The predicted molar refractivity (Wildman–Crippen MR) is 95.5 cm³/mol. The number of carbonyl (C=O) groups is 2. The van der Waals surface area contributed by atoms with Gasteiger partial charge in [-0.2, -0.15) is 0 Å². The zero-order chi connectivity index (χ0) is 19.8. The van der Waals surface area contributed by atoms with E-state index in [9.17, 15) is 14.7 Å². The summed E-state index contributed by atoms with van der Waals surface area (Å²) in [6.45, 7) is 6.86. The molecular weight excluding hydrogens is 352 g/mol. The molecule has 0 aromatic rings. The van der Waals surface area contributed by atoms with Crippen molar-refractivity contribution in [3.05, 3.63) is 35.5 Å². The van der Waals surface area contributed by atoms with Gasteiger partial charge in [0.2, 0.25) is 0 Å². The Balaban J connectivity index is 1.92. The Morgan fingerprint density at radius 1 is 1.48 bits per heavy atom. The van der Waals surface area contributed by atoms with E-state index in [1.165, 1.54) is 6.08 Å². The van der Waals surface area contributed by atoms with Gasteiger partial charge in [0.1, 0.15) is 18.3 Å². The molecule has 1 aliphatic carbocycles. The molecule has 0 bridgehead atoms. The van der Waals surface area contributed by atoms with Crippen LogP contribution in [0.5, 0.6) is 0 Å². The molecule has 0 radical (unpaired) electrons. The Bertz CT molecular complexity index is 707. The Hall–Kier alpha value is -1.96. The molecule has 2 N–H and O–H groups in total. The molecule has 0 aromatic heterocycles. The van der Waals surface area contributed by atoms with Crippen LogP contribution in [0.25, 0.3) is 0 Å². The number of ether oxygens (including phenoxy) is 3. The summed E-state index contributed by atoms with van der Waals surface area (Å²) in [5.74, 6) is -1.76. The average molecular weight is 378 g/mol. The fraction of sp³-hybridized carbons (Fsp3) is 0.600. The van der Waals surface area contributed by atoms with Gasteiger partial charge in [0.05, 0.1) is 30.3 Å². The van der Waals surface area contributed by atoms with Crippen molar-refractivity contribution >= 4 is 11.9 Å². The van der Waals surface area contributed by atoms with Crippen molar-refractivity contribution < 1.29 is 34.0 Å². The second kappa shape index (κ2) is 7.58. The van der Waals surface area contributed by atoms with E-state index in [1.807, 2.05) is 13.8 Å². The van der Waals surface area contributed by atoms with Crippen molar-refractivity contribution in [2.45, 2.75) is 57.0 Å². The van der Waals surface area contributed by atoms with Crippen molar-refractivity contribution in [1.29, 1.82) is 0 Å². The van der Waals surface area contributed by atoms with Crippen LogP contribution in [0, 0.1) is 5.92 Å². The first-order chi connectivity index (χ1) is 12.8. The third kappa shape index (κ3) is 3.85. The van der Waals surface area contributed by atoms with Crippen LogP contribution < -0.4 is 0 Å². The molecule has 7 heteroatoms. The molecule has 2 saturated heterocycles. The van der Waals surface area contributed by atoms with Crippen molar-refractivity contribution in [2.75, 3.05) is 13.2 Å². The first-order valence-electron chi connectivity index (χ1n) is 9.15. The number of carbonyl (C=O) groups excluding carboxylic acids is 2. The molecule has 0 spiro atoms. The summed E-state index contributed by atoms with van der Waals surface area (Å²) in [6, 6.07) is 0. The lowest BCUT2D eigenvalue weighted by Gasteiger charge is -2.28. The summed E-state index contributed by atoms with van der Waals surface area (Å²) in [4.78, 5) is 24.6. The number of epoxide rings is 1. The molecule has 5 atom stereocenters. The lowest BCUT2D eigenvalue weighted by Crippen LogP contribution is -2.38. The van der Waals surface area contributed by atoms with Gasteiger partial charge in [-0.3, -0.25) is 0 Å². The number of hydrogen-bond donors (Lipinski definition) is 2. The maximum absolute atomic E-state index is 12.5. The van der Waals surface area contributed by atoms with Gasteiger partial charge in [0.15, 0.2) is 0 Å². The molecule has 0 aromatic carbocycles. The summed E-state index contributed by atoms with van der Waals surface area (Å²) >= 11 is 0. The van der Waals surface area contributed by atoms with Gasteiger partial charge in [-0.15, -0.1) is 0 Å². The molecular formula is C20H26O7. The largest absolute Gasteiger partial charge is 0.458 e. The first-order valence-corrected chi connectivity index (χ1v) is 9.15. The van der Waals surface area contributed by atoms with Gasteiger partial charge in [0.25, 0.3) is 0 Å². The van der Waals surface area contributed by atoms with E-state index >= 15 is 0 Å². The molecule has 0 saturated carbocycles. The molecule has 3 aliphatic rings. The van der Waals surface area contributed by atoms with Crippen molar-refractivity contribution in [3.8, 4) is 0 Å². The van der Waals surface area contributed by atoms with Crippen LogP contribution >= 0.6 is 0 Å². The zero-order valence-corrected chi connectivity index (χ0v) is 15.6. The summed E-state index contributed by atoms with van der Waals surface area (Å²) < 4.78 is 17.1. The fourth-order valence-electron chi connectivity index (χ4n) is 3.95. The van der Waals surface area contributed by atoms with Crippen molar-refractivity contribution in [2.24, 2.45) is 5.92 Å². The zero-order valence-electron chi connectivity index (χ0n) is 15.6. The molecule has 27 heavy (non-hydrogen) atoms. The highest BCUT2D eigenvalue weighted by Gasteiger charge is 2.63. The van der Waals surface area contributed by atoms with Crippen molar-refractivity contribution in [3.63, 3.8) is 0 Å². The maximum Gasteiger partial charge on any atom is 0.336 e. The van der Waals surface area contributed by atoms with Crippen LogP contribution in [0.3, 0.4) is 0 Å². The standard InChI is InChI=1S/C20H26O7/c1-11-5-4-7-20(3)17(27-20)16-15(12(2)18(23)26-16)14(9-11)25-19(24)13(10-22)6-8-21/h5-6,14-17,21-22H,2,4,7-10H2,1,3H3/b11-5+,13-6-/t14-,15+,16-,17-,20+/m0/s1. The number of rotatable bonds is 4. The quantitative estimate of drug-likeness (QED) is 0.328. The topological polar surface area (TPSA) is 106 Å². The number of aliphatic hydroxyl groups is 2. The Kier molecular flexibility index (Phi) is 5.55. The van der Waals surface area contributed by atoms with Gasteiger partial charge in [-0.1, -0.05) is 18.2 Å². The van der Waals surface area contributed by atoms with E-state index in [0.29, 0.717) is 6.42 Å². The minimum atomic E-state index is -0.730. The number of allylic oxidation sites excluding steroid dienone is 1. The highest BCUT2D eigenvalue weighted by atomic mass is 16.6. The molecule has 3 rings (SSSR count). The molecule has 2 aliphatic heterocycles. The van der Waals surface area contributed by atoms with Crippen LogP contribution in [0.2, 0.25) is 0 Å². The van der Waals surface area contributed by atoms with E-state index in [-0.39, 0.29) is 29.5 Å². The summed E-state index contributed by atoms with van der Waals surface area (Å²) in [6.07, 6.45) is 3.85. The van der Waals surface area contributed by atoms with Gasteiger partial charge in [-0.05, 0) is 32.8 Å². The van der Waals surface area contributed by atoms with E-state index in [2.05, 4.69) is 12.7 Å². The molecule has 0 unspecified atom stereocenters. The van der Waals surface area contributed by atoms with Crippen LogP contribution in [-0.2, 0) is 23.8 Å². The fourth-order valence-corrected chi connectivity index (χ4v) is 3.95. The third-order valence-electron chi connectivity index (χ3n) is 5.59. The highest BCUT2D eigenvalue weighted by molar-refractivity contribution is 5.92. The second-order valence-corrected chi connectivity index (χ2v) is 7.58. The van der Waals surface area contributed by atoms with Crippen LogP contribution in [-0.4, -0.2) is 59.3 Å². The normalized spacial score (nSPS) is 38.2. The van der Waals surface area contributed by atoms with E-state index in [0.717, 1.165) is 18.4 Å². The van der Waals surface area contributed by atoms with Crippen LogP contribution in [0.15, 0.2) is 35.5 Å². The molecule has 148 valence electrons. The van der Waals surface area contributed by atoms with Crippen LogP contribution in [0.4, 0.5) is 0 Å². The number of fused-ring (bicyclic) bond motifs is 3. The summed E-state index contributed by atoms with van der Waals surface area (Å²) in [5.41, 5.74) is 0.888. The second-order valence-electron chi connectivity index (χ2n) is 7.58. The Morgan fingerprint density at radius 3 is 2.89 bits per heavy atom. The SMILES string of the molecule is C=C1C(=O)O[C@H]2[C@H]1[C@@H](OC(=O)/C(=C\CO)CO)C/C(C)=C/CC[C@@]1(C)O[C@@H]21. The highest BCUT2D eigenvalue weighted by Crippen LogP contribution is 2.50. The van der Waals surface area contributed by atoms with Gasteiger partial charge >= 0.3 is 11.9 Å². The monoisotopic (exact) mass is 378 g/mol. The molecule has 0 amide bonds. The third-order valence-corrected chi connectivity index (χ3v) is 5.59. The number of aliphatic hydroxyl groups excluding tert-OH is 2. The van der Waals surface area contributed by atoms with Crippen molar-refractivity contribution in [1.82, 2.24) is 0 Å². The Labute approximate surface area is 158 Å². The molecule has 7 nitrogen and oxygen atoms in total. The predicted octanol–water partition coefficient (Wildman–Crippen LogP) is 1.19. The minimum Gasteiger partial charge on any atom is -0.458 e. The van der Waals surface area contributed by atoms with E-state index in [1.54, 1.807) is 0 Å². The van der Waals surface area contributed by atoms with Gasteiger partial charge in [0, 0.05) is 12.0 Å². The summed E-state index contributed by atoms with van der Waals surface area (Å²) in [7, 11) is 0. The Morgan fingerprint density at radius 2 is 2.22 bits per heavy atom. The lowest BCUT2D eigenvalue weighted by molar-refractivity contribution is -0.149. The number of hydrogen-bond acceptors (Lipinski definition) is 7. The van der Waals surface area contributed by atoms with Gasteiger partial charge < -0.3 is 24.4 Å². The first kappa shape index (κ1) is 19.8. The average Bonchev–Trinajstić information content (AvgIpc) is 3.19. The number of esters is 2. The lowest BCUT2D eigenvalue weighted by atomic mass is 9.82. The molecule has 2 fully saturated rings.